The summed E-state index contributed by atoms with van der Waals surface area (Å²) < 4.78 is 5.78. The lowest BCUT2D eigenvalue weighted by atomic mass is 10.00. The Morgan fingerprint density at radius 2 is 1.76 bits per heavy atom. The minimum absolute atomic E-state index is 0.0238. The predicted octanol–water partition coefficient (Wildman–Crippen LogP) is 2.12. The molecule has 2 unspecified atom stereocenters. The number of amides is 2. The summed E-state index contributed by atoms with van der Waals surface area (Å²) in [5, 5.41) is 6.12. The SMILES string of the molecule is CC1CN(C(C)(C)CNC(=O)NC2CCCC2)CC(C)O1. The molecule has 0 radical (unpaired) electrons. The van der Waals surface area contributed by atoms with Crippen LogP contribution in [-0.4, -0.2) is 54.4 Å². The molecule has 1 aliphatic heterocycles. The van der Waals surface area contributed by atoms with E-state index in [-0.39, 0.29) is 23.8 Å². The van der Waals surface area contributed by atoms with Crippen LogP contribution in [0.2, 0.25) is 0 Å². The minimum Gasteiger partial charge on any atom is -0.373 e. The lowest BCUT2D eigenvalue weighted by Crippen LogP contribution is -2.59. The van der Waals surface area contributed by atoms with E-state index in [0.717, 1.165) is 25.9 Å². The summed E-state index contributed by atoms with van der Waals surface area (Å²) in [6, 6.07) is 0.348. The lowest BCUT2D eigenvalue weighted by Gasteiger charge is -2.45. The van der Waals surface area contributed by atoms with Gasteiger partial charge in [-0.3, -0.25) is 4.90 Å². The molecule has 2 fully saturated rings. The Labute approximate surface area is 128 Å². The van der Waals surface area contributed by atoms with E-state index in [2.05, 4.69) is 43.2 Å². The first kappa shape index (κ1) is 16.6. The molecule has 21 heavy (non-hydrogen) atoms. The largest absolute Gasteiger partial charge is 0.373 e. The van der Waals surface area contributed by atoms with Crippen molar-refractivity contribution in [2.75, 3.05) is 19.6 Å². The third kappa shape index (κ3) is 4.85. The molecule has 1 saturated carbocycles. The standard InChI is InChI=1S/C16H31N3O2/c1-12-9-19(10-13(2)21-12)16(3,4)11-17-15(20)18-14-7-5-6-8-14/h12-14H,5-11H2,1-4H3,(H2,17,18,20). The third-order valence-corrected chi connectivity index (χ3v) is 4.65. The van der Waals surface area contributed by atoms with E-state index < -0.39 is 0 Å². The monoisotopic (exact) mass is 297 g/mol. The Hall–Kier alpha value is -0.810. The quantitative estimate of drug-likeness (QED) is 0.835. The highest BCUT2D eigenvalue weighted by Gasteiger charge is 2.33. The third-order valence-electron chi connectivity index (χ3n) is 4.65. The van der Waals surface area contributed by atoms with Gasteiger partial charge < -0.3 is 15.4 Å². The Balaban J connectivity index is 1.78. The van der Waals surface area contributed by atoms with Crippen LogP contribution < -0.4 is 10.6 Å². The van der Waals surface area contributed by atoms with E-state index >= 15 is 0 Å². The number of hydrogen-bond donors (Lipinski definition) is 2. The molecule has 2 amide bonds. The number of rotatable bonds is 4. The molecule has 2 atom stereocenters. The highest BCUT2D eigenvalue weighted by atomic mass is 16.5. The van der Waals surface area contributed by atoms with Crippen LogP contribution in [0.15, 0.2) is 0 Å². The molecule has 0 bridgehead atoms. The second kappa shape index (κ2) is 6.97. The van der Waals surface area contributed by atoms with E-state index in [1.165, 1.54) is 12.8 Å². The van der Waals surface area contributed by atoms with Gasteiger partial charge in [0.05, 0.1) is 12.2 Å². The van der Waals surface area contributed by atoms with Crippen LogP contribution in [0.3, 0.4) is 0 Å². The first-order chi connectivity index (χ1) is 9.87. The molecule has 122 valence electrons. The van der Waals surface area contributed by atoms with Gasteiger partial charge in [0.15, 0.2) is 0 Å². The highest BCUT2D eigenvalue weighted by molar-refractivity contribution is 5.74. The van der Waals surface area contributed by atoms with Crippen LogP contribution in [0.5, 0.6) is 0 Å². The van der Waals surface area contributed by atoms with Crippen molar-refractivity contribution in [3.8, 4) is 0 Å². The maximum atomic E-state index is 12.0. The second-order valence-corrected chi connectivity index (χ2v) is 7.28. The summed E-state index contributed by atoms with van der Waals surface area (Å²) >= 11 is 0. The number of carbonyl (C=O) groups excluding carboxylic acids is 1. The average Bonchev–Trinajstić information content (AvgIpc) is 2.88. The van der Waals surface area contributed by atoms with Gasteiger partial charge in [-0.15, -0.1) is 0 Å². The van der Waals surface area contributed by atoms with E-state index in [4.69, 9.17) is 4.74 Å². The molecule has 0 aromatic rings. The summed E-state index contributed by atoms with van der Waals surface area (Å²) in [6.07, 6.45) is 5.21. The Kier molecular flexibility index (Phi) is 5.49. The van der Waals surface area contributed by atoms with Gasteiger partial charge in [-0.25, -0.2) is 4.79 Å². The van der Waals surface area contributed by atoms with Gasteiger partial charge in [0.2, 0.25) is 0 Å². The minimum atomic E-state index is -0.0562. The highest BCUT2D eigenvalue weighted by Crippen LogP contribution is 2.21. The smallest absolute Gasteiger partial charge is 0.315 e. The molecule has 1 saturated heterocycles. The molecular weight excluding hydrogens is 266 g/mol. The van der Waals surface area contributed by atoms with Crippen LogP contribution in [0, 0.1) is 0 Å². The molecule has 5 heteroatoms. The first-order valence-electron chi connectivity index (χ1n) is 8.32. The van der Waals surface area contributed by atoms with Gasteiger partial charge >= 0.3 is 6.03 Å². The fourth-order valence-corrected chi connectivity index (χ4v) is 3.39. The fraction of sp³-hybridized carbons (Fsp3) is 0.938. The molecule has 2 N–H and O–H groups in total. The van der Waals surface area contributed by atoms with Crippen molar-refractivity contribution in [2.45, 2.75) is 77.2 Å². The van der Waals surface area contributed by atoms with Crippen LogP contribution in [0.25, 0.3) is 0 Å². The molecule has 1 heterocycles. The maximum absolute atomic E-state index is 12.0. The van der Waals surface area contributed by atoms with Crippen molar-refractivity contribution in [3.63, 3.8) is 0 Å². The number of nitrogens with one attached hydrogen (secondary N) is 2. The van der Waals surface area contributed by atoms with E-state index in [1.807, 2.05) is 0 Å². The van der Waals surface area contributed by atoms with Crippen molar-refractivity contribution in [3.05, 3.63) is 0 Å². The van der Waals surface area contributed by atoms with Crippen LogP contribution in [0.4, 0.5) is 4.79 Å². The number of morpholine rings is 1. The van der Waals surface area contributed by atoms with Crippen LogP contribution in [0.1, 0.15) is 53.4 Å². The lowest BCUT2D eigenvalue weighted by molar-refractivity contribution is -0.0947. The molecule has 2 rings (SSSR count). The zero-order valence-corrected chi connectivity index (χ0v) is 13.9. The van der Waals surface area contributed by atoms with Gasteiger partial charge in [0, 0.05) is 31.2 Å². The van der Waals surface area contributed by atoms with Gasteiger partial charge in [-0.1, -0.05) is 12.8 Å². The van der Waals surface area contributed by atoms with Crippen LogP contribution >= 0.6 is 0 Å². The molecule has 2 aliphatic rings. The van der Waals surface area contributed by atoms with Crippen molar-refractivity contribution >= 4 is 6.03 Å². The Bertz CT molecular complexity index is 343. The average molecular weight is 297 g/mol. The molecule has 0 aromatic carbocycles. The molecule has 0 aromatic heterocycles. The van der Waals surface area contributed by atoms with Crippen molar-refractivity contribution in [1.29, 1.82) is 0 Å². The summed E-state index contributed by atoms with van der Waals surface area (Å²) in [4.78, 5) is 14.4. The number of hydrogen-bond acceptors (Lipinski definition) is 3. The second-order valence-electron chi connectivity index (χ2n) is 7.28. The normalized spacial score (nSPS) is 28.6. The molecule has 1 aliphatic carbocycles. The summed E-state index contributed by atoms with van der Waals surface area (Å²) in [5.41, 5.74) is -0.0562. The Morgan fingerprint density at radius 1 is 1.19 bits per heavy atom. The van der Waals surface area contributed by atoms with E-state index in [0.29, 0.717) is 12.6 Å². The van der Waals surface area contributed by atoms with Gasteiger partial charge in [0.25, 0.3) is 0 Å². The van der Waals surface area contributed by atoms with Gasteiger partial charge in [0.1, 0.15) is 0 Å². The number of urea groups is 1. The first-order valence-corrected chi connectivity index (χ1v) is 8.32. The van der Waals surface area contributed by atoms with Crippen molar-refractivity contribution in [2.24, 2.45) is 0 Å². The number of ether oxygens (including phenoxy) is 1. The molecule has 5 nitrogen and oxygen atoms in total. The number of nitrogens with zero attached hydrogens (tertiary/aromatic N) is 1. The molecular formula is C16H31N3O2. The maximum Gasteiger partial charge on any atom is 0.315 e. The zero-order valence-electron chi connectivity index (χ0n) is 13.9. The van der Waals surface area contributed by atoms with E-state index in [9.17, 15) is 4.79 Å². The fourth-order valence-electron chi connectivity index (χ4n) is 3.39. The summed E-state index contributed by atoms with van der Waals surface area (Å²) in [7, 11) is 0. The zero-order chi connectivity index (χ0) is 15.5. The molecule has 0 spiro atoms. The van der Waals surface area contributed by atoms with Crippen LogP contribution in [-0.2, 0) is 4.74 Å². The topological polar surface area (TPSA) is 53.6 Å². The van der Waals surface area contributed by atoms with Gasteiger partial charge in [-0.05, 0) is 40.5 Å². The van der Waals surface area contributed by atoms with Crippen molar-refractivity contribution < 1.29 is 9.53 Å². The van der Waals surface area contributed by atoms with Crippen molar-refractivity contribution in [1.82, 2.24) is 15.5 Å². The predicted molar refractivity (Wildman–Crippen MR) is 84.5 cm³/mol. The summed E-state index contributed by atoms with van der Waals surface area (Å²) in [6.45, 7) is 11.1. The Morgan fingerprint density at radius 3 is 2.33 bits per heavy atom. The number of carbonyl (C=O) groups is 1. The summed E-state index contributed by atoms with van der Waals surface area (Å²) in [5.74, 6) is 0. The van der Waals surface area contributed by atoms with E-state index in [1.54, 1.807) is 0 Å². The van der Waals surface area contributed by atoms with Gasteiger partial charge in [-0.2, -0.15) is 0 Å².